The summed E-state index contributed by atoms with van der Waals surface area (Å²) in [6, 6.07) is 4.18. The first-order valence-electron chi connectivity index (χ1n) is 6.82. The number of hydrogen-bond donors (Lipinski definition) is 1. The van der Waals surface area contributed by atoms with Crippen molar-refractivity contribution in [2.75, 3.05) is 26.8 Å². The molecule has 1 saturated heterocycles. The topological polar surface area (TPSA) is 58.6 Å². The zero-order valence-electron chi connectivity index (χ0n) is 12.5. The number of nitrogens with one attached hydrogen (secondary N) is 1. The van der Waals surface area contributed by atoms with Crippen molar-refractivity contribution < 1.29 is 17.5 Å². The van der Waals surface area contributed by atoms with E-state index in [0.29, 0.717) is 19.8 Å². The largest absolute Gasteiger partial charge is 0.378 e. The van der Waals surface area contributed by atoms with Gasteiger partial charge in [0.1, 0.15) is 10.7 Å². The standard InChI is InChI=1S/C14H21FN2O3S/c1-14(2)10-20-7-6-17(14)21(18,19)13-8-11(9-16-3)4-5-12(13)15/h4-5,8,16H,6-7,9-10H2,1-3H3. The molecule has 0 radical (unpaired) electrons. The first-order chi connectivity index (χ1) is 9.79. The van der Waals surface area contributed by atoms with Crippen molar-refractivity contribution in [3.63, 3.8) is 0 Å². The fourth-order valence-electron chi connectivity index (χ4n) is 2.47. The van der Waals surface area contributed by atoms with Gasteiger partial charge in [-0.25, -0.2) is 12.8 Å². The van der Waals surface area contributed by atoms with Crippen LogP contribution >= 0.6 is 0 Å². The lowest BCUT2D eigenvalue weighted by Gasteiger charge is -2.40. The van der Waals surface area contributed by atoms with Crippen LogP contribution in [0.4, 0.5) is 4.39 Å². The van der Waals surface area contributed by atoms with Gasteiger partial charge in [0.15, 0.2) is 0 Å². The molecule has 1 N–H and O–H groups in total. The van der Waals surface area contributed by atoms with Crippen LogP contribution in [-0.2, 0) is 21.3 Å². The summed E-state index contributed by atoms with van der Waals surface area (Å²) in [7, 11) is -2.14. The summed E-state index contributed by atoms with van der Waals surface area (Å²) >= 11 is 0. The number of ether oxygens (including phenoxy) is 1. The minimum atomic E-state index is -3.89. The van der Waals surface area contributed by atoms with E-state index in [2.05, 4.69) is 5.32 Å². The van der Waals surface area contributed by atoms with Gasteiger partial charge >= 0.3 is 0 Å². The molecule has 0 aliphatic carbocycles. The Kier molecular flexibility index (Phi) is 4.67. The zero-order chi connectivity index (χ0) is 15.7. The number of sulfonamides is 1. The quantitative estimate of drug-likeness (QED) is 0.911. The molecular formula is C14H21FN2O3S. The van der Waals surface area contributed by atoms with Crippen molar-refractivity contribution in [3.05, 3.63) is 29.6 Å². The van der Waals surface area contributed by atoms with E-state index in [1.54, 1.807) is 27.0 Å². The van der Waals surface area contributed by atoms with E-state index in [9.17, 15) is 12.8 Å². The minimum absolute atomic E-state index is 0.227. The number of rotatable bonds is 4. The molecule has 0 unspecified atom stereocenters. The van der Waals surface area contributed by atoms with Crippen LogP contribution in [0.15, 0.2) is 23.1 Å². The molecule has 1 aliphatic heterocycles. The van der Waals surface area contributed by atoms with Gasteiger partial charge in [0.05, 0.1) is 18.8 Å². The molecule has 0 amide bonds. The fourth-order valence-corrected chi connectivity index (χ4v) is 4.34. The van der Waals surface area contributed by atoms with Crippen molar-refractivity contribution in [1.29, 1.82) is 0 Å². The van der Waals surface area contributed by atoms with E-state index in [-0.39, 0.29) is 11.4 Å². The first kappa shape index (κ1) is 16.4. The Morgan fingerprint density at radius 3 is 2.76 bits per heavy atom. The molecule has 1 aromatic rings. The van der Waals surface area contributed by atoms with Gasteiger partial charge in [0.25, 0.3) is 0 Å². The van der Waals surface area contributed by atoms with Crippen LogP contribution < -0.4 is 5.32 Å². The van der Waals surface area contributed by atoms with E-state index in [1.165, 1.54) is 16.4 Å². The molecule has 0 aromatic heterocycles. The highest BCUT2D eigenvalue weighted by molar-refractivity contribution is 7.89. The summed E-state index contributed by atoms with van der Waals surface area (Å²) in [4.78, 5) is -0.273. The first-order valence-corrected chi connectivity index (χ1v) is 8.26. The fraction of sp³-hybridized carbons (Fsp3) is 0.571. The molecule has 21 heavy (non-hydrogen) atoms. The number of hydrogen-bond acceptors (Lipinski definition) is 4. The maximum absolute atomic E-state index is 14.1. The van der Waals surface area contributed by atoms with Crippen LogP contribution in [0.5, 0.6) is 0 Å². The summed E-state index contributed by atoms with van der Waals surface area (Å²) in [5, 5.41) is 2.93. The number of nitrogens with zero attached hydrogens (tertiary/aromatic N) is 1. The Balaban J connectivity index is 2.45. The second-order valence-electron chi connectivity index (χ2n) is 5.74. The highest BCUT2D eigenvalue weighted by Gasteiger charge is 2.40. The van der Waals surface area contributed by atoms with Crippen molar-refractivity contribution in [3.8, 4) is 0 Å². The Morgan fingerprint density at radius 2 is 2.14 bits per heavy atom. The lowest BCUT2D eigenvalue weighted by atomic mass is 10.1. The van der Waals surface area contributed by atoms with Crippen LogP contribution in [0.1, 0.15) is 19.4 Å². The average molecular weight is 316 g/mol. The Morgan fingerprint density at radius 1 is 1.43 bits per heavy atom. The molecule has 5 nitrogen and oxygen atoms in total. The number of benzene rings is 1. The minimum Gasteiger partial charge on any atom is -0.378 e. The lowest BCUT2D eigenvalue weighted by Crippen LogP contribution is -2.55. The summed E-state index contributed by atoms with van der Waals surface area (Å²) in [5.41, 5.74) is 0.0336. The van der Waals surface area contributed by atoms with Gasteiger partial charge in [-0.2, -0.15) is 4.31 Å². The third kappa shape index (κ3) is 3.26. The molecule has 0 spiro atoms. The third-order valence-corrected chi connectivity index (χ3v) is 5.64. The van der Waals surface area contributed by atoms with Gasteiger partial charge < -0.3 is 10.1 Å². The van der Waals surface area contributed by atoms with Gasteiger partial charge in [0.2, 0.25) is 10.0 Å². The molecular weight excluding hydrogens is 295 g/mol. The molecule has 1 aliphatic rings. The van der Waals surface area contributed by atoms with Gasteiger partial charge in [-0.05, 0) is 38.6 Å². The van der Waals surface area contributed by atoms with Crippen molar-refractivity contribution in [2.24, 2.45) is 0 Å². The van der Waals surface area contributed by atoms with E-state index < -0.39 is 21.4 Å². The smallest absolute Gasteiger partial charge is 0.246 e. The molecule has 2 rings (SSSR count). The summed E-state index contributed by atoms with van der Waals surface area (Å²) in [6.07, 6.45) is 0. The van der Waals surface area contributed by atoms with Gasteiger partial charge in [-0.3, -0.25) is 0 Å². The Hall–Kier alpha value is -1.02. The summed E-state index contributed by atoms with van der Waals surface area (Å²) < 4.78 is 46.3. The van der Waals surface area contributed by atoms with E-state index in [4.69, 9.17) is 4.74 Å². The van der Waals surface area contributed by atoms with Crippen LogP contribution in [-0.4, -0.2) is 45.1 Å². The summed E-state index contributed by atoms with van der Waals surface area (Å²) in [6.45, 7) is 4.88. The normalized spacial score (nSPS) is 19.6. The van der Waals surface area contributed by atoms with Crippen LogP contribution in [0.3, 0.4) is 0 Å². The highest BCUT2D eigenvalue weighted by Crippen LogP contribution is 2.29. The van der Waals surface area contributed by atoms with Crippen LogP contribution in [0.2, 0.25) is 0 Å². The SMILES string of the molecule is CNCc1ccc(F)c(S(=O)(=O)N2CCOCC2(C)C)c1. The van der Waals surface area contributed by atoms with Crippen molar-refractivity contribution >= 4 is 10.0 Å². The van der Waals surface area contributed by atoms with Crippen LogP contribution in [0, 0.1) is 5.82 Å². The monoisotopic (exact) mass is 316 g/mol. The lowest BCUT2D eigenvalue weighted by molar-refractivity contribution is -0.00779. The highest BCUT2D eigenvalue weighted by atomic mass is 32.2. The molecule has 0 saturated carbocycles. The molecule has 7 heteroatoms. The maximum Gasteiger partial charge on any atom is 0.246 e. The molecule has 1 heterocycles. The Labute approximate surface area is 125 Å². The number of morpholine rings is 1. The van der Waals surface area contributed by atoms with Crippen molar-refractivity contribution in [1.82, 2.24) is 9.62 Å². The van der Waals surface area contributed by atoms with Crippen molar-refractivity contribution in [2.45, 2.75) is 30.8 Å². The predicted molar refractivity (Wildman–Crippen MR) is 78.0 cm³/mol. The predicted octanol–water partition coefficient (Wildman–Crippen LogP) is 1.34. The maximum atomic E-state index is 14.1. The van der Waals surface area contributed by atoms with Gasteiger partial charge in [0, 0.05) is 13.1 Å². The summed E-state index contributed by atoms with van der Waals surface area (Å²) in [5.74, 6) is -0.725. The zero-order valence-corrected chi connectivity index (χ0v) is 13.3. The van der Waals surface area contributed by atoms with Gasteiger partial charge in [-0.1, -0.05) is 6.07 Å². The van der Waals surface area contributed by atoms with Crippen LogP contribution in [0.25, 0.3) is 0 Å². The molecule has 0 atom stereocenters. The molecule has 1 fully saturated rings. The second-order valence-corrected chi connectivity index (χ2v) is 7.57. The van der Waals surface area contributed by atoms with E-state index in [1.807, 2.05) is 0 Å². The molecule has 118 valence electrons. The van der Waals surface area contributed by atoms with E-state index in [0.717, 1.165) is 5.56 Å². The Bertz CT molecular complexity index is 617. The van der Waals surface area contributed by atoms with E-state index >= 15 is 0 Å². The van der Waals surface area contributed by atoms with Gasteiger partial charge in [-0.15, -0.1) is 0 Å². The molecule has 0 bridgehead atoms. The average Bonchev–Trinajstić information content (AvgIpc) is 2.40. The molecule has 1 aromatic carbocycles. The third-order valence-electron chi connectivity index (χ3n) is 3.51. The second kappa shape index (κ2) is 6.00. The number of halogens is 1.